The highest BCUT2D eigenvalue weighted by atomic mass is 16.1. The molecule has 1 aliphatic rings. The number of amides is 1. The number of hydrogen-bond acceptors (Lipinski definition) is 4. The van der Waals surface area contributed by atoms with E-state index in [0.29, 0.717) is 5.69 Å². The van der Waals surface area contributed by atoms with Crippen molar-refractivity contribution >= 4 is 11.6 Å². The lowest BCUT2D eigenvalue weighted by Gasteiger charge is -2.38. The van der Waals surface area contributed by atoms with Crippen LogP contribution in [-0.4, -0.2) is 15.9 Å². The van der Waals surface area contributed by atoms with Gasteiger partial charge < -0.3 is 11.1 Å². The van der Waals surface area contributed by atoms with Crippen molar-refractivity contribution in [2.45, 2.75) is 31.7 Å². The molecule has 4 rings (SSSR count). The van der Waals surface area contributed by atoms with Gasteiger partial charge in [0.2, 0.25) is 5.91 Å². The zero-order valence-corrected chi connectivity index (χ0v) is 15.3. The highest BCUT2D eigenvalue weighted by Crippen LogP contribution is 2.39. The number of nitrogens with zero attached hydrogens (tertiary/aromatic N) is 2. The van der Waals surface area contributed by atoms with E-state index in [1.807, 2.05) is 18.2 Å². The van der Waals surface area contributed by atoms with Crippen LogP contribution in [0.3, 0.4) is 0 Å². The maximum atomic E-state index is 11.4. The molecular weight excluding hydrogens is 336 g/mol. The van der Waals surface area contributed by atoms with Crippen molar-refractivity contribution < 1.29 is 4.79 Å². The molecule has 5 heteroatoms. The number of nitrogens with two attached hydrogens (primary N) is 1. The van der Waals surface area contributed by atoms with Gasteiger partial charge in [0.15, 0.2) is 0 Å². The van der Waals surface area contributed by atoms with E-state index in [4.69, 9.17) is 5.73 Å². The van der Waals surface area contributed by atoms with Crippen molar-refractivity contribution in [3.63, 3.8) is 0 Å². The van der Waals surface area contributed by atoms with E-state index in [-0.39, 0.29) is 11.4 Å². The van der Waals surface area contributed by atoms with Gasteiger partial charge in [-0.3, -0.25) is 14.8 Å². The molecule has 1 saturated carbocycles. The fourth-order valence-electron chi connectivity index (χ4n) is 3.51. The molecule has 0 atom stereocenters. The Labute approximate surface area is 158 Å². The van der Waals surface area contributed by atoms with E-state index in [1.165, 1.54) is 18.9 Å². The van der Waals surface area contributed by atoms with Gasteiger partial charge in [0.25, 0.3) is 0 Å². The molecule has 1 aromatic carbocycles. The first-order valence-corrected chi connectivity index (χ1v) is 9.13. The molecule has 136 valence electrons. The number of rotatable bonds is 4. The molecule has 1 aliphatic carbocycles. The summed E-state index contributed by atoms with van der Waals surface area (Å²) in [5.74, 6) is -0.125. The fraction of sp³-hybridized carbons (Fsp3) is 0.227. The third-order valence-electron chi connectivity index (χ3n) is 5.16. The molecule has 0 saturated heterocycles. The summed E-state index contributed by atoms with van der Waals surface area (Å²) in [6.45, 7) is 1.49. The number of anilines is 1. The van der Waals surface area contributed by atoms with E-state index < -0.39 is 0 Å². The molecule has 2 aromatic heterocycles. The molecular formula is C22H22N4O. The minimum absolute atomic E-state index is 0.125. The molecule has 0 bridgehead atoms. The molecule has 2 heterocycles. The molecule has 3 N–H and O–H groups in total. The molecule has 1 amide bonds. The Hall–Kier alpha value is -3.05. The first kappa shape index (κ1) is 17.4. The lowest BCUT2D eigenvalue weighted by Crippen LogP contribution is -2.43. The van der Waals surface area contributed by atoms with Crippen LogP contribution in [0, 0.1) is 0 Å². The summed E-state index contributed by atoms with van der Waals surface area (Å²) in [5.41, 5.74) is 11.8. The lowest BCUT2D eigenvalue weighted by molar-refractivity contribution is -0.114. The van der Waals surface area contributed by atoms with Crippen LogP contribution in [0.15, 0.2) is 61.1 Å². The van der Waals surface area contributed by atoms with Gasteiger partial charge in [0.1, 0.15) is 0 Å². The number of nitrogens with one attached hydrogen (secondary N) is 1. The highest BCUT2D eigenvalue weighted by molar-refractivity contribution is 5.91. The van der Waals surface area contributed by atoms with Gasteiger partial charge in [0, 0.05) is 41.5 Å². The summed E-state index contributed by atoms with van der Waals surface area (Å²) in [7, 11) is 0. The molecule has 0 unspecified atom stereocenters. The van der Waals surface area contributed by atoms with E-state index in [0.717, 1.165) is 35.2 Å². The molecule has 0 radical (unpaired) electrons. The van der Waals surface area contributed by atoms with Crippen molar-refractivity contribution in [3.05, 3.63) is 66.6 Å². The van der Waals surface area contributed by atoms with Gasteiger partial charge in [-0.1, -0.05) is 30.3 Å². The normalized spacial score (nSPS) is 15.0. The SMILES string of the molecule is CC(=O)Nc1cnc(-c2ccc(C3(N)CCC3)cc2)c(-c2cccnc2)c1. The number of hydrogen-bond donors (Lipinski definition) is 2. The lowest BCUT2D eigenvalue weighted by atomic mass is 9.72. The average molecular weight is 358 g/mol. The number of pyridine rings is 2. The van der Waals surface area contributed by atoms with Gasteiger partial charge in [-0.15, -0.1) is 0 Å². The van der Waals surface area contributed by atoms with E-state index in [9.17, 15) is 4.79 Å². The van der Waals surface area contributed by atoms with Crippen LogP contribution >= 0.6 is 0 Å². The van der Waals surface area contributed by atoms with Crippen molar-refractivity contribution in [1.29, 1.82) is 0 Å². The molecule has 0 spiro atoms. The number of carbonyl (C=O) groups excluding carboxylic acids is 1. The third kappa shape index (κ3) is 3.46. The van der Waals surface area contributed by atoms with Crippen LogP contribution in [0.2, 0.25) is 0 Å². The molecule has 0 aliphatic heterocycles. The second-order valence-corrected chi connectivity index (χ2v) is 7.13. The smallest absolute Gasteiger partial charge is 0.221 e. The Morgan fingerprint density at radius 2 is 1.89 bits per heavy atom. The number of benzene rings is 1. The van der Waals surface area contributed by atoms with E-state index in [1.54, 1.807) is 18.6 Å². The fourth-order valence-corrected chi connectivity index (χ4v) is 3.51. The predicted octanol–water partition coefficient (Wildman–Crippen LogP) is 4.11. The zero-order valence-electron chi connectivity index (χ0n) is 15.3. The van der Waals surface area contributed by atoms with Crippen LogP contribution in [0.1, 0.15) is 31.7 Å². The van der Waals surface area contributed by atoms with Crippen molar-refractivity contribution in [1.82, 2.24) is 9.97 Å². The largest absolute Gasteiger partial charge is 0.325 e. The summed E-state index contributed by atoms with van der Waals surface area (Å²) in [4.78, 5) is 20.3. The Morgan fingerprint density at radius 1 is 1.11 bits per heavy atom. The monoisotopic (exact) mass is 358 g/mol. The minimum Gasteiger partial charge on any atom is -0.325 e. The summed E-state index contributed by atoms with van der Waals surface area (Å²) in [6, 6.07) is 14.2. The maximum Gasteiger partial charge on any atom is 0.221 e. The summed E-state index contributed by atoms with van der Waals surface area (Å²) in [5, 5.41) is 2.80. The van der Waals surface area contributed by atoms with Crippen LogP contribution < -0.4 is 11.1 Å². The summed E-state index contributed by atoms with van der Waals surface area (Å²) < 4.78 is 0. The van der Waals surface area contributed by atoms with Crippen molar-refractivity contribution in [3.8, 4) is 22.4 Å². The van der Waals surface area contributed by atoms with Crippen LogP contribution in [-0.2, 0) is 10.3 Å². The third-order valence-corrected chi connectivity index (χ3v) is 5.16. The van der Waals surface area contributed by atoms with E-state index >= 15 is 0 Å². The van der Waals surface area contributed by atoms with Gasteiger partial charge in [-0.05, 0) is 37.0 Å². The van der Waals surface area contributed by atoms with Crippen molar-refractivity contribution in [2.24, 2.45) is 5.73 Å². The van der Waals surface area contributed by atoms with Crippen molar-refractivity contribution in [2.75, 3.05) is 5.32 Å². The van der Waals surface area contributed by atoms with Crippen LogP contribution in [0.25, 0.3) is 22.4 Å². The second kappa shape index (κ2) is 6.93. The quantitative estimate of drug-likeness (QED) is 0.735. The Bertz CT molecular complexity index is 963. The first-order chi connectivity index (χ1) is 13.0. The molecule has 27 heavy (non-hydrogen) atoms. The second-order valence-electron chi connectivity index (χ2n) is 7.13. The minimum atomic E-state index is -0.173. The number of carbonyl (C=O) groups is 1. The summed E-state index contributed by atoms with van der Waals surface area (Å²) in [6.07, 6.45) is 8.49. The Kier molecular flexibility index (Phi) is 4.46. The predicted molar refractivity (Wildman–Crippen MR) is 107 cm³/mol. The molecule has 5 nitrogen and oxygen atoms in total. The summed E-state index contributed by atoms with van der Waals surface area (Å²) >= 11 is 0. The topological polar surface area (TPSA) is 80.9 Å². The number of aromatic nitrogens is 2. The van der Waals surface area contributed by atoms with Crippen LogP contribution in [0.5, 0.6) is 0 Å². The Morgan fingerprint density at radius 3 is 2.48 bits per heavy atom. The molecule has 3 aromatic rings. The highest BCUT2D eigenvalue weighted by Gasteiger charge is 2.34. The Balaban J connectivity index is 1.76. The van der Waals surface area contributed by atoms with Gasteiger partial charge >= 0.3 is 0 Å². The standard InChI is InChI=1S/C22H22N4O/c1-15(27)26-19-12-20(17-4-2-11-24-13-17)21(25-14-19)16-5-7-18(8-6-16)22(23)9-3-10-22/h2,4-8,11-14H,3,9-10,23H2,1H3,(H,26,27). The molecule has 1 fully saturated rings. The van der Waals surface area contributed by atoms with E-state index in [2.05, 4.69) is 39.6 Å². The van der Waals surface area contributed by atoms with Crippen LogP contribution in [0.4, 0.5) is 5.69 Å². The van der Waals surface area contributed by atoms with Gasteiger partial charge in [-0.25, -0.2) is 0 Å². The average Bonchev–Trinajstić information content (AvgIpc) is 2.66. The zero-order chi connectivity index (χ0) is 18.9. The maximum absolute atomic E-state index is 11.4. The first-order valence-electron chi connectivity index (χ1n) is 9.13. The van der Waals surface area contributed by atoms with Gasteiger partial charge in [0.05, 0.1) is 17.6 Å². The van der Waals surface area contributed by atoms with Gasteiger partial charge in [-0.2, -0.15) is 0 Å².